The van der Waals surface area contributed by atoms with Gasteiger partial charge in [-0.3, -0.25) is 4.98 Å². The number of anilines is 2. The number of carbonyl (C=O) groups excluding carboxylic acids is 1. The molecular weight excluding hydrogens is 304 g/mol. The number of hydrogen-bond donors (Lipinski definition) is 1. The summed E-state index contributed by atoms with van der Waals surface area (Å²) in [6.45, 7) is 4.99. The van der Waals surface area contributed by atoms with Crippen LogP contribution in [0.5, 0.6) is 5.75 Å². The number of aryl methyl sites for hydroxylation is 1. The second kappa shape index (κ2) is 7.21. The van der Waals surface area contributed by atoms with Gasteiger partial charge in [-0.15, -0.1) is 0 Å². The first-order valence-electron chi connectivity index (χ1n) is 8.03. The molecule has 0 bridgehead atoms. The van der Waals surface area contributed by atoms with Crippen LogP contribution in [-0.4, -0.2) is 49.2 Å². The van der Waals surface area contributed by atoms with E-state index < -0.39 is 0 Å². The van der Waals surface area contributed by atoms with Crippen molar-refractivity contribution in [3.63, 3.8) is 0 Å². The van der Waals surface area contributed by atoms with Crippen LogP contribution >= 0.6 is 0 Å². The molecule has 126 valence electrons. The third-order valence-corrected chi connectivity index (χ3v) is 4.24. The molecule has 0 saturated carbocycles. The normalized spacial score (nSPS) is 14.4. The van der Waals surface area contributed by atoms with Crippen molar-refractivity contribution in [2.75, 3.05) is 43.5 Å². The number of pyridine rings is 1. The Bertz CT molecular complexity index is 697. The van der Waals surface area contributed by atoms with Gasteiger partial charge in [-0.2, -0.15) is 0 Å². The first kappa shape index (κ1) is 16.1. The Morgan fingerprint density at radius 2 is 1.83 bits per heavy atom. The Hall–Kier alpha value is -2.76. The zero-order valence-corrected chi connectivity index (χ0v) is 14.0. The van der Waals surface area contributed by atoms with E-state index in [4.69, 9.17) is 4.74 Å². The molecule has 0 atom stereocenters. The maximum Gasteiger partial charge on any atom is 0.321 e. The van der Waals surface area contributed by atoms with Crippen LogP contribution < -0.4 is 15.0 Å². The monoisotopic (exact) mass is 326 g/mol. The molecule has 6 heteroatoms. The van der Waals surface area contributed by atoms with Crippen molar-refractivity contribution in [2.24, 2.45) is 0 Å². The van der Waals surface area contributed by atoms with E-state index in [2.05, 4.69) is 15.2 Å². The Labute approximate surface area is 142 Å². The molecule has 2 heterocycles. The van der Waals surface area contributed by atoms with Crippen molar-refractivity contribution >= 4 is 17.4 Å². The van der Waals surface area contributed by atoms with Gasteiger partial charge in [-0.05, 0) is 42.8 Å². The van der Waals surface area contributed by atoms with Gasteiger partial charge in [0.25, 0.3) is 0 Å². The minimum atomic E-state index is -0.0612. The quantitative estimate of drug-likeness (QED) is 0.942. The van der Waals surface area contributed by atoms with Crippen LogP contribution in [0.25, 0.3) is 0 Å². The number of benzene rings is 1. The van der Waals surface area contributed by atoms with Crippen LogP contribution in [0.1, 0.15) is 5.56 Å². The largest absolute Gasteiger partial charge is 0.496 e. The van der Waals surface area contributed by atoms with Crippen LogP contribution in [0.3, 0.4) is 0 Å². The number of amides is 2. The Kier molecular flexibility index (Phi) is 4.84. The standard InChI is InChI=1S/C18H22N4O2/c1-14-13-15(3-4-17(14)24-2)20-18(23)22-11-9-21(10-12-22)16-5-7-19-8-6-16/h3-8,13H,9-12H2,1-2H3,(H,20,23). The number of methoxy groups -OCH3 is 1. The van der Waals surface area contributed by atoms with E-state index in [-0.39, 0.29) is 6.03 Å². The number of nitrogens with zero attached hydrogens (tertiary/aromatic N) is 3. The predicted octanol–water partition coefficient (Wildman–Crippen LogP) is 2.75. The second-order valence-corrected chi connectivity index (χ2v) is 5.79. The molecule has 3 rings (SSSR count). The molecule has 1 fully saturated rings. The van der Waals surface area contributed by atoms with E-state index in [1.807, 2.05) is 42.2 Å². The van der Waals surface area contributed by atoms with Crippen molar-refractivity contribution in [1.82, 2.24) is 9.88 Å². The van der Waals surface area contributed by atoms with E-state index in [0.29, 0.717) is 13.1 Å². The maximum atomic E-state index is 12.4. The molecule has 0 spiro atoms. The topological polar surface area (TPSA) is 57.7 Å². The van der Waals surface area contributed by atoms with Gasteiger partial charge in [0.2, 0.25) is 0 Å². The molecule has 1 aromatic heterocycles. The molecular formula is C18H22N4O2. The summed E-state index contributed by atoms with van der Waals surface area (Å²) in [4.78, 5) is 20.6. The Morgan fingerprint density at radius 3 is 2.46 bits per heavy atom. The van der Waals surface area contributed by atoms with E-state index in [0.717, 1.165) is 35.8 Å². The number of hydrogen-bond acceptors (Lipinski definition) is 4. The smallest absolute Gasteiger partial charge is 0.321 e. The molecule has 0 radical (unpaired) electrons. The SMILES string of the molecule is COc1ccc(NC(=O)N2CCN(c3ccncc3)CC2)cc1C. The highest BCUT2D eigenvalue weighted by atomic mass is 16.5. The molecule has 1 aliphatic heterocycles. The van der Waals surface area contributed by atoms with E-state index in [9.17, 15) is 4.79 Å². The summed E-state index contributed by atoms with van der Waals surface area (Å²) >= 11 is 0. The van der Waals surface area contributed by atoms with Crippen molar-refractivity contribution in [3.05, 3.63) is 48.3 Å². The van der Waals surface area contributed by atoms with Crippen LogP contribution in [0.2, 0.25) is 0 Å². The summed E-state index contributed by atoms with van der Waals surface area (Å²) in [6, 6.07) is 9.58. The van der Waals surface area contributed by atoms with E-state index in [1.165, 1.54) is 0 Å². The highest BCUT2D eigenvalue weighted by Crippen LogP contribution is 2.22. The van der Waals surface area contributed by atoms with Gasteiger partial charge in [0.1, 0.15) is 5.75 Å². The summed E-state index contributed by atoms with van der Waals surface area (Å²) in [7, 11) is 1.64. The number of urea groups is 1. The molecule has 0 unspecified atom stereocenters. The fraction of sp³-hybridized carbons (Fsp3) is 0.333. The maximum absolute atomic E-state index is 12.4. The van der Waals surface area contributed by atoms with Crippen molar-refractivity contribution < 1.29 is 9.53 Å². The summed E-state index contributed by atoms with van der Waals surface area (Å²) in [5.74, 6) is 0.818. The minimum Gasteiger partial charge on any atom is -0.496 e. The molecule has 1 aliphatic rings. The van der Waals surface area contributed by atoms with Crippen LogP contribution in [0.15, 0.2) is 42.7 Å². The van der Waals surface area contributed by atoms with Gasteiger partial charge in [0.05, 0.1) is 7.11 Å². The lowest BCUT2D eigenvalue weighted by molar-refractivity contribution is 0.208. The van der Waals surface area contributed by atoms with Gasteiger partial charge in [-0.25, -0.2) is 4.79 Å². The number of nitrogens with one attached hydrogen (secondary N) is 1. The fourth-order valence-electron chi connectivity index (χ4n) is 2.88. The van der Waals surface area contributed by atoms with Crippen molar-refractivity contribution in [2.45, 2.75) is 6.92 Å². The second-order valence-electron chi connectivity index (χ2n) is 5.79. The highest BCUT2D eigenvalue weighted by molar-refractivity contribution is 5.89. The number of carbonyl (C=O) groups is 1. The summed E-state index contributed by atoms with van der Waals surface area (Å²) in [5.41, 5.74) is 2.93. The lowest BCUT2D eigenvalue weighted by Crippen LogP contribution is -2.50. The number of aromatic nitrogens is 1. The van der Waals surface area contributed by atoms with Crippen molar-refractivity contribution in [1.29, 1.82) is 0 Å². The minimum absolute atomic E-state index is 0.0612. The van der Waals surface area contributed by atoms with Gasteiger partial charge >= 0.3 is 6.03 Å². The van der Waals surface area contributed by atoms with Gasteiger partial charge in [0, 0.05) is 49.9 Å². The molecule has 1 aromatic carbocycles. The lowest BCUT2D eigenvalue weighted by atomic mass is 10.2. The first-order valence-corrected chi connectivity index (χ1v) is 8.03. The molecule has 2 amide bonds. The van der Waals surface area contributed by atoms with E-state index in [1.54, 1.807) is 19.5 Å². The molecule has 1 N–H and O–H groups in total. The van der Waals surface area contributed by atoms with Crippen LogP contribution in [0, 0.1) is 6.92 Å². The number of piperazine rings is 1. The first-order chi connectivity index (χ1) is 11.7. The van der Waals surface area contributed by atoms with Gasteiger partial charge in [0.15, 0.2) is 0 Å². The zero-order chi connectivity index (χ0) is 16.9. The number of ether oxygens (including phenoxy) is 1. The Balaban J connectivity index is 1.56. The third-order valence-electron chi connectivity index (χ3n) is 4.24. The van der Waals surface area contributed by atoms with Gasteiger partial charge < -0.3 is 19.9 Å². The molecule has 6 nitrogen and oxygen atoms in total. The molecule has 0 aliphatic carbocycles. The van der Waals surface area contributed by atoms with Crippen molar-refractivity contribution in [3.8, 4) is 5.75 Å². The molecule has 1 saturated heterocycles. The average Bonchev–Trinajstić information content (AvgIpc) is 2.63. The molecule has 2 aromatic rings. The number of rotatable bonds is 3. The van der Waals surface area contributed by atoms with E-state index >= 15 is 0 Å². The average molecular weight is 326 g/mol. The highest BCUT2D eigenvalue weighted by Gasteiger charge is 2.21. The van der Waals surface area contributed by atoms with Crippen LogP contribution in [0.4, 0.5) is 16.2 Å². The third kappa shape index (κ3) is 3.59. The summed E-state index contributed by atoms with van der Waals surface area (Å²) in [5, 5.41) is 2.96. The predicted molar refractivity (Wildman–Crippen MR) is 94.8 cm³/mol. The summed E-state index contributed by atoms with van der Waals surface area (Å²) in [6.07, 6.45) is 3.58. The zero-order valence-electron chi connectivity index (χ0n) is 14.0. The lowest BCUT2D eigenvalue weighted by Gasteiger charge is -2.36. The molecule has 24 heavy (non-hydrogen) atoms. The fourth-order valence-corrected chi connectivity index (χ4v) is 2.88. The van der Waals surface area contributed by atoms with Crippen LogP contribution in [-0.2, 0) is 0 Å². The van der Waals surface area contributed by atoms with Gasteiger partial charge in [-0.1, -0.05) is 0 Å². The summed E-state index contributed by atoms with van der Waals surface area (Å²) < 4.78 is 5.24. The Morgan fingerprint density at radius 1 is 1.12 bits per heavy atom.